The third-order valence-corrected chi connectivity index (χ3v) is 2.38. The first-order valence-electron chi connectivity index (χ1n) is 5.11. The lowest BCUT2D eigenvalue weighted by molar-refractivity contribution is 0.688. The Morgan fingerprint density at radius 1 is 1.50 bits per heavy atom. The van der Waals surface area contributed by atoms with E-state index in [1.54, 1.807) is 6.07 Å². The summed E-state index contributed by atoms with van der Waals surface area (Å²) in [5.74, 6) is 6.23. The second kappa shape index (κ2) is 5.11. The van der Waals surface area contributed by atoms with Gasteiger partial charge in [0.2, 0.25) is 0 Å². The average Bonchev–Trinajstić information content (AvgIpc) is 2.33. The average molecular weight is 267 g/mol. The first kappa shape index (κ1) is 12.5. The fraction of sp³-hybridized carbons (Fsp3) is 0.200. The molecule has 18 heavy (non-hydrogen) atoms. The predicted octanol–water partition coefficient (Wildman–Crippen LogP) is 0.329. The van der Waals surface area contributed by atoms with Crippen molar-refractivity contribution in [3.63, 3.8) is 0 Å². The number of hydrogen-bond acceptors (Lipinski definition) is 6. The zero-order chi connectivity index (χ0) is 13.1. The molecule has 2 aromatic heterocycles. The Bertz CT molecular complexity index is 626. The van der Waals surface area contributed by atoms with E-state index in [0.717, 1.165) is 5.69 Å². The number of hydrogen-bond donors (Lipinski definition) is 2. The van der Waals surface area contributed by atoms with Gasteiger partial charge in [-0.25, -0.2) is 25.6 Å². The van der Waals surface area contributed by atoms with Gasteiger partial charge >= 0.3 is 5.69 Å². The molecule has 0 unspecified atom stereocenters. The molecule has 0 spiro atoms. The number of aryl methyl sites for hydroxylation is 1. The molecule has 7 nitrogen and oxygen atoms in total. The van der Waals surface area contributed by atoms with Gasteiger partial charge in [-0.05, 0) is 6.92 Å². The molecule has 0 aliphatic rings. The normalized spacial score (nSPS) is 10.4. The number of nitrogens with zero attached hydrogens (tertiary/aromatic N) is 4. The molecule has 0 atom stereocenters. The first-order valence-corrected chi connectivity index (χ1v) is 5.49. The van der Waals surface area contributed by atoms with E-state index in [1.165, 1.54) is 17.0 Å². The summed E-state index contributed by atoms with van der Waals surface area (Å²) in [5.41, 5.74) is 2.78. The van der Waals surface area contributed by atoms with Crippen LogP contribution in [0.2, 0.25) is 5.02 Å². The van der Waals surface area contributed by atoms with Crippen LogP contribution in [0, 0.1) is 6.92 Å². The highest BCUT2D eigenvalue weighted by atomic mass is 35.5. The van der Waals surface area contributed by atoms with E-state index >= 15 is 0 Å². The largest absolute Gasteiger partial charge is 0.348 e. The molecule has 0 fully saturated rings. The van der Waals surface area contributed by atoms with E-state index in [4.69, 9.17) is 17.4 Å². The number of hydrazine groups is 1. The summed E-state index contributed by atoms with van der Waals surface area (Å²) in [6, 6.07) is 1.70. The Morgan fingerprint density at radius 2 is 2.28 bits per heavy atom. The van der Waals surface area contributed by atoms with Crippen molar-refractivity contribution >= 4 is 17.4 Å². The van der Waals surface area contributed by atoms with E-state index in [9.17, 15) is 4.79 Å². The lowest BCUT2D eigenvalue weighted by Gasteiger charge is -2.07. The molecule has 0 saturated carbocycles. The van der Waals surface area contributed by atoms with Gasteiger partial charge in [0.15, 0.2) is 5.82 Å². The van der Waals surface area contributed by atoms with Gasteiger partial charge in [0.1, 0.15) is 5.82 Å². The van der Waals surface area contributed by atoms with Crippen molar-refractivity contribution in [3.05, 3.63) is 45.5 Å². The summed E-state index contributed by atoms with van der Waals surface area (Å²) < 4.78 is 1.33. The molecule has 0 aromatic carbocycles. The van der Waals surface area contributed by atoms with Crippen LogP contribution in [0.5, 0.6) is 0 Å². The zero-order valence-corrected chi connectivity index (χ0v) is 10.3. The quantitative estimate of drug-likeness (QED) is 0.614. The smallest absolute Gasteiger partial charge is 0.308 e. The molecule has 2 heterocycles. The number of nitrogen functional groups attached to an aromatic ring is 1. The van der Waals surface area contributed by atoms with Crippen LogP contribution in [-0.4, -0.2) is 19.5 Å². The maximum absolute atomic E-state index is 11.5. The number of nitrogens with two attached hydrogens (primary N) is 1. The van der Waals surface area contributed by atoms with Crippen LogP contribution in [-0.2, 0) is 6.54 Å². The van der Waals surface area contributed by atoms with Crippen LogP contribution in [0.3, 0.4) is 0 Å². The van der Waals surface area contributed by atoms with E-state index in [0.29, 0.717) is 16.7 Å². The third-order valence-electron chi connectivity index (χ3n) is 2.18. The van der Waals surface area contributed by atoms with Crippen molar-refractivity contribution < 1.29 is 0 Å². The van der Waals surface area contributed by atoms with E-state index in [1.807, 2.05) is 6.92 Å². The van der Waals surface area contributed by atoms with Crippen LogP contribution in [0.4, 0.5) is 5.82 Å². The van der Waals surface area contributed by atoms with Crippen molar-refractivity contribution in [2.45, 2.75) is 13.5 Å². The van der Waals surface area contributed by atoms with Crippen molar-refractivity contribution in [2.75, 3.05) is 5.43 Å². The van der Waals surface area contributed by atoms with Gasteiger partial charge in [-0.2, -0.15) is 0 Å². The van der Waals surface area contributed by atoms with Crippen LogP contribution in [0.15, 0.2) is 23.3 Å². The summed E-state index contributed by atoms with van der Waals surface area (Å²) in [5, 5.41) is 0.374. The van der Waals surface area contributed by atoms with Gasteiger partial charge < -0.3 is 5.43 Å². The first-order chi connectivity index (χ1) is 8.58. The molecule has 8 heteroatoms. The Kier molecular flexibility index (Phi) is 3.54. The highest BCUT2D eigenvalue weighted by Crippen LogP contribution is 2.07. The fourth-order valence-corrected chi connectivity index (χ4v) is 1.64. The van der Waals surface area contributed by atoms with Crippen molar-refractivity contribution in [2.24, 2.45) is 5.84 Å². The molecule has 0 aliphatic heterocycles. The molecule has 0 saturated heterocycles. The summed E-state index contributed by atoms with van der Waals surface area (Å²) >= 11 is 5.78. The van der Waals surface area contributed by atoms with Crippen LogP contribution >= 0.6 is 11.6 Å². The summed E-state index contributed by atoms with van der Waals surface area (Å²) in [4.78, 5) is 23.5. The highest BCUT2D eigenvalue weighted by molar-refractivity contribution is 6.30. The standard InChI is InChI=1S/C10H11ClN6O/c1-6-2-8(16-12)15-9(14-6)5-17-4-7(11)3-13-10(17)18/h2-4H,5,12H2,1H3,(H,14,15,16). The van der Waals surface area contributed by atoms with Gasteiger partial charge in [0, 0.05) is 18.0 Å². The number of anilines is 1. The molecule has 2 rings (SSSR count). The highest BCUT2D eigenvalue weighted by Gasteiger charge is 2.05. The fourth-order valence-electron chi connectivity index (χ4n) is 1.47. The van der Waals surface area contributed by atoms with Crippen LogP contribution in [0.25, 0.3) is 0 Å². The second-order valence-corrected chi connectivity index (χ2v) is 4.07. The van der Waals surface area contributed by atoms with Gasteiger partial charge in [0.25, 0.3) is 0 Å². The van der Waals surface area contributed by atoms with Crippen molar-refractivity contribution in [1.82, 2.24) is 19.5 Å². The Balaban J connectivity index is 2.36. The maximum Gasteiger partial charge on any atom is 0.348 e. The SMILES string of the molecule is Cc1cc(NN)nc(Cn2cc(Cl)cnc2=O)n1. The number of rotatable bonds is 3. The minimum atomic E-state index is -0.410. The number of nitrogens with one attached hydrogen (secondary N) is 1. The lowest BCUT2D eigenvalue weighted by atomic mass is 10.4. The van der Waals surface area contributed by atoms with Crippen LogP contribution in [0.1, 0.15) is 11.5 Å². The summed E-state index contributed by atoms with van der Waals surface area (Å²) in [7, 11) is 0. The second-order valence-electron chi connectivity index (χ2n) is 3.64. The predicted molar refractivity (Wildman–Crippen MR) is 67.2 cm³/mol. The molecule has 94 valence electrons. The minimum absolute atomic E-state index is 0.183. The third kappa shape index (κ3) is 2.82. The van der Waals surface area contributed by atoms with Crippen molar-refractivity contribution in [1.29, 1.82) is 0 Å². The summed E-state index contributed by atoms with van der Waals surface area (Å²) in [6.45, 7) is 1.99. The molecule has 0 aliphatic carbocycles. The van der Waals surface area contributed by atoms with Gasteiger partial charge in [0.05, 0.1) is 17.8 Å². The summed E-state index contributed by atoms with van der Waals surface area (Å²) in [6.07, 6.45) is 2.78. The molecular weight excluding hydrogens is 256 g/mol. The Morgan fingerprint density at radius 3 is 3.00 bits per heavy atom. The molecular formula is C10H11ClN6O. The number of halogens is 1. The lowest BCUT2D eigenvalue weighted by Crippen LogP contribution is -2.23. The van der Waals surface area contributed by atoms with Gasteiger partial charge in [-0.3, -0.25) is 4.57 Å². The van der Waals surface area contributed by atoms with Crippen molar-refractivity contribution in [3.8, 4) is 0 Å². The monoisotopic (exact) mass is 266 g/mol. The van der Waals surface area contributed by atoms with E-state index < -0.39 is 5.69 Å². The Hall–Kier alpha value is -1.99. The Labute approximate surface area is 108 Å². The molecule has 2 aromatic rings. The molecule has 0 radical (unpaired) electrons. The molecule has 0 bridgehead atoms. The maximum atomic E-state index is 11.5. The van der Waals surface area contributed by atoms with E-state index in [-0.39, 0.29) is 6.54 Å². The van der Waals surface area contributed by atoms with Gasteiger partial charge in [-0.1, -0.05) is 11.6 Å². The minimum Gasteiger partial charge on any atom is -0.308 e. The van der Waals surface area contributed by atoms with E-state index in [2.05, 4.69) is 20.4 Å². The molecule has 3 N–H and O–H groups in total. The molecule has 0 amide bonds. The van der Waals surface area contributed by atoms with Crippen LogP contribution < -0.4 is 17.0 Å². The number of aromatic nitrogens is 4. The van der Waals surface area contributed by atoms with Gasteiger partial charge in [-0.15, -0.1) is 0 Å². The topological polar surface area (TPSA) is 98.7 Å². The zero-order valence-electron chi connectivity index (χ0n) is 9.59.